The van der Waals surface area contributed by atoms with Crippen molar-refractivity contribution in [3.63, 3.8) is 0 Å². The van der Waals surface area contributed by atoms with Gasteiger partial charge >= 0.3 is 5.97 Å². The predicted molar refractivity (Wildman–Crippen MR) is 95.6 cm³/mol. The van der Waals surface area contributed by atoms with Gasteiger partial charge in [-0.2, -0.15) is 5.06 Å². The third-order valence-electron chi connectivity index (χ3n) is 5.53. The monoisotopic (exact) mass is 364 g/mol. The molecule has 0 unspecified atom stereocenters. The molecule has 0 radical (unpaired) electrons. The summed E-state index contributed by atoms with van der Waals surface area (Å²) < 4.78 is 4.89. The summed E-state index contributed by atoms with van der Waals surface area (Å²) in [7, 11) is 2.81. The first-order valence-corrected chi connectivity index (χ1v) is 8.72. The van der Waals surface area contributed by atoms with E-state index in [-0.39, 0.29) is 19.3 Å². The average molecular weight is 364 g/mol. The largest absolute Gasteiger partial charge is 0.467 e. The molecule has 26 heavy (non-hydrogen) atoms. The molecule has 0 saturated carbocycles. The number of ether oxygens (including phenoxy) is 1. The van der Waals surface area contributed by atoms with Gasteiger partial charge in [-0.1, -0.05) is 12.1 Å². The Balaban J connectivity index is 2.23. The van der Waals surface area contributed by atoms with Crippen LogP contribution in [0.3, 0.4) is 0 Å². The third-order valence-corrected chi connectivity index (χ3v) is 5.53. The Labute approximate surface area is 154 Å². The lowest BCUT2D eigenvalue weighted by Crippen LogP contribution is -2.61. The zero-order valence-electron chi connectivity index (χ0n) is 16.2. The van der Waals surface area contributed by atoms with Crippen molar-refractivity contribution in [1.82, 2.24) is 10.1 Å². The van der Waals surface area contributed by atoms with Crippen molar-refractivity contribution >= 4 is 11.9 Å². The van der Waals surface area contributed by atoms with E-state index in [1.165, 1.54) is 7.11 Å². The van der Waals surface area contributed by atoms with Crippen molar-refractivity contribution < 1.29 is 24.4 Å². The van der Waals surface area contributed by atoms with Gasteiger partial charge in [-0.25, -0.2) is 9.86 Å². The maximum atomic E-state index is 12.8. The van der Waals surface area contributed by atoms with E-state index in [9.17, 15) is 14.8 Å². The van der Waals surface area contributed by atoms with Crippen LogP contribution in [0.25, 0.3) is 0 Å². The van der Waals surface area contributed by atoms with E-state index in [4.69, 9.17) is 9.57 Å². The summed E-state index contributed by atoms with van der Waals surface area (Å²) in [6, 6.07) is 3.85. The van der Waals surface area contributed by atoms with Gasteiger partial charge in [0, 0.05) is 13.1 Å². The Morgan fingerprint density at radius 3 is 2.31 bits per heavy atom. The molecule has 1 aromatic carbocycles. The van der Waals surface area contributed by atoms with Crippen LogP contribution in [0.1, 0.15) is 35.1 Å². The summed E-state index contributed by atoms with van der Waals surface area (Å²) in [4.78, 5) is 30.3. The van der Waals surface area contributed by atoms with Gasteiger partial charge in [-0.15, -0.1) is 0 Å². The second-order valence-electron chi connectivity index (χ2n) is 6.81. The van der Waals surface area contributed by atoms with Crippen LogP contribution in [-0.4, -0.2) is 60.1 Å². The van der Waals surface area contributed by atoms with Gasteiger partial charge in [-0.3, -0.25) is 10.0 Å². The molecule has 0 bridgehead atoms. The highest BCUT2D eigenvalue weighted by atomic mass is 16.7. The van der Waals surface area contributed by atoms with Crippen molar-refractivity contribution in [3.8, 4) is 0 Å². The molecule has 1 amide bonds. The molecule has 0 aromatic heterocycles. The summed E-state index contributed by atoms with van der Waals surface area (Å²) in [6.45, 7) is 6.81. The van der Waals surface area contributed by atoms with Crippen LogP contribution in [0.5, 0.6) is 0 Å². The fraction of sp³-hybridized carbons (Fsp3) is 0.579. The summed E-state index contributed by atoms with van der Waals surface area (Å²) in [5.74, 6) is -1.13. The minimum absolute atomic E-state index is 0.0240. The maximum Gasteiger partial charge on any atom is 0.334 e. The van der Waals surface area contributed by atoms with Crippen molar-refractivity contribution in [1.29, 1.82) is 0 Å². The molecule has 1 aliphatic rings. The number of methoxy groups -OCH3 is 1. The lowest BCUT2D eigenvalue weighted by Gasteiger charge is -2.42. The van der Waals surface area contributed by atoms with Crippen molar-refractivity contribution in [2.24, 2.45) is 0 Å². The topological polar surface area (TPSA) is 79.3 Å². The highest BCUT2D eigenvalue weighted by Crippen LogP contribution is 2.30. The van der Waals surface area contributed by atoms with Crippen LogP contribution < -0.4 is 0 Å². The molecule has 1 heterocycles. The predicted octanol–water partition coefficient (Wildman–Crippen LogP) is 1.94. The fourth-order valence-electron chi connectivity index (χ4n) is 3.41. The smallest absolute Gasteiger partial charge is 0.334 e. The minimum Gasteiger partial charge on any atom is -0.467 e. The van der Waals surface area contributed by atoms with Crippen LogP contribution in [0.2, 0.25) is 0 Å². The first-order valence-electron chi connectivity index (χ1n) is 8.72. The van der Waals surface area contributed by atoms with E-state index in [0.717, 1.165) is 22.3 Å². The lowest BCUT2D eigenvalue weighted by molar-refractivity contribution is -0.228. The summed E-state index contributed by atoms with van der Waals surface area (Å²) in [6.07, 6.45) is 0.500. The summed E-state index contributed by atoms with van der Waals surface area (Å²) >= 11 is 0. The van der Waals surface area contributed by atoms with E-state index in [2.05, 4.69) is 0 Å². The van der Waals surface area contributed by atoms with Crippen LogP contribution in [-0.2, 0) is 25.6 Å². The van der Waals surface area contributed by atoms with Crippen molar-refractivity contribution in [3.05, 3.63) is 34.4 Å². The van der Waals surface area contributed by atoms with Gasteiger partial charge in [0.2, 0.25) is 0 Å². The molecule has 1 fully saturated rings. The highest BCUT2D eigenvalue weighted by Gasteiger charge is 2.49. The zero-order chi connectivity index (χ0) is 19.5. The number of nitrogens with zero attached hydrogens (tertiary/aromatic N) is 2. The number of piperidine rings is 1. The van der Waals surface area contributed by atoms with Crippen LogP contribution in [0, 0.1) is 20.8 Å². The number of rotatable bonds is 5. The second kappa shape index (κ2) is 8.16. The molecule has 1 saturated heterocycles. The zero-order valence-corrected chi connectivity index (χ0v) is 16.2. The number of carbonyl (C=O) groups excluding carboxylic acids is 2. The van der Waals surface area contributed by atoms with Crippen LogP contribution in [0.4, 0.5) is 0 Å². The normalized spacial score (nSPS) is 17.0. The molecule has 7 nitrogen and oxygen atoms in total. The third kappa shape index (κ3) is 3.75. The molecular weight excluding hydrogens is 336 g/mol. The molecule has 1 N–H and O–H groups in total. The SMILES string of the molecule is COC(=O)C1(N(O)C(=O)Cc2ccc(C)c(C)c2C)CCN(OC)CC1. The standard InChI is InChI=1S/C19H28N2O5/c1-13-6-7-16(15(3)14(13)2)12-17(22)21(24)19(18(23)25-4)8-10-20(26-5)11-9-19/h6-7,24H,8-12H2,1-5H3. The van der Waals surface area contributed by atoms with E-state index < -0.39 is 17.4 Å². The molecule has 2 rings (SSSR count). The average Bonchev–Trinajstić information content (AvgIpc) is 2.67. The molecule has 7 heteroatoms. The van der Waals surface area contributed by atoms with Gasteiger partial charge in [0.25, 0.3) is 5.91 Å². The van der Waals surface area contributed by atoms with Crippen molar-refractivity contribution in [2.75, 3.05) is 27.3 Å². The molecule has 144 valence electrons. The number of esters is 1. The van der Waals surface area contributed by atoms with Crippen LogP contribution in [0.15, 0.2) is 12.1 Å². The molecule has 0 spiro atoms. The summed E-state index contributed by atoms with van der Waals surface area (Å²) in [5, 5.41) is 12.9. The number of hydrogen-bond acceptors (Lipinski definition) is 6. The fourth-order valence-corrected chi connectivity index (χ4v) is 3.41. The van der Waals surface area contributed by atoms with Gasteiger partial charge in [-0.05, 0) is 55.9 Å². The Kier molecular flexibility index (Phi) is 6.39. The second-order valence-corrected chi connectivity index (χ2v) is 6.81. The minimum atomic E-state index is -1.38. The van der Waals surface area contributed by atoms with Gasteiger partial charge in [0.15, 0.2) is 5.54 Å². The molecular formula is C19H28N2O5. The van der Waals surface area contributed by atoms with E-state index in [1.54, 1.807) is 12.2 Å². The van der Waals surface area contributed by atoms with Gasteiger partial charge in [0.05, 0.1) is 20.6 Å². The first-order chi connectivity index (χ1) is 12.3. The van der Waals surface area contributed by atoms with E-state index >= 15 is 0 Å². The number of aryl methyl sites for hydroxylation is 1. The Bertz CT molecular complexity index is 681. The quantitative estimate of drug-likeness (QED) is 0.489. The maximum absolute atomic E-state index is 12.8. The number of benzene rings is 1. The number of carbonyl (C=O) groups is 2. The number of hydroxylamine groups is 4. The first kappa shape index (κ1) is 20.4. The van der Waals surface area contributed by atoms with Crippen molar-refractivity contribution in [2.45, 2.75) is 45.6 Å². The van der Waals surface area contributed by atoms with E-state index in [1.807, 2.05) is 32.9 Å². The Hall–Kier alpha value is -1.96. The highest BCUT2D eigenvalue weighted by molar-refractivity contribution is 5.88. The Morgan fingerprint density at radius 1 is 1.15 bits per heavy atom. The Morgan fingerprint density at radius 2 is 1.77 bits per heavy atom. The number of amides is 1. The van der Waals surface area contributed by atoms with Gasteiger partial charge in [0.1, 0.15) is 0 Å². The number of hydrogen-bond donors (Lipinski definition) is 1. The molecule has 0 atom stereocenters. The molecule has 1 aromatic rings. The van der Waals surface area contributed by atoms with Gasteiger partial charge < -0.3 is 9.57 Å². The molecule has 1 aliphatic heterocycles. The van der Waals surface area contributed by atoms with E-state index in [0.29, 0.717) is 18.2 Å². The van der Waals surface area contributed by atoms with Crippen LogP contribution >= 0.6 is 0 Å². The lowest BCUT2D eigenvalue weighted by atomic mass is 9.87. The summed E-state index contributed by atoms with van der Waals surface area (Å²) in [5.41, 5.74) is 2.75. The molecule has 0 aliphatic carbocycles.